The summed E-state index contributed by atoms with van der Waals surface area (Å²) in [6.45, 7) is 5.46. The van der Waals surface area contributed by atoms with Gasteiger partial charge in [0, 0.05) is 41.0 Å². The van der Waals surface area contributed by atoms with Crippen LogP contribution in [0.15, 0.2) is 18.2 Å². The standard InChI is InChI=1S/C31H32ClF2N7OS/c1-16(22-5-3-11-40(22)2)42-30-38-26-18(29(39-30)41-12-4-8-31(15-41)9-10-37-31)13-20(32)24(25(26)34)17-6-7-21(33)27-23(17)19(14-35)28(36)43-27/h6-7,13,16,22,37H,3-5,8-12,15,36H2,1-2H3/t16?,22-,31?/m0/s1. The van der Waals surface area contributed by atoms with E-state index >= 15 is 4.39 Å². The van der Waals surface area contributed by atoms with Crippen LogP contribution >= 0.6 is 22.9 Å². The third-order valence-corrected chi connectivity index (χ3v) is 10.8. The number of nitrogens with two attached hydrogens (primary N) is 1. The van der Waals surface area contributed by atoms with Crippen LogP contribution in [0, 0.1) is 23.0 Å². The van der Waals surface area contributed by atoms with Gasteiger partial charge in [-0.1, -0.05) is 17.7 Å². The minimum Gasteiger partial charge on any atom is -0.459 e. The highest BCUT2D eigenvalue weighted by Crippen LogP contribution is 2.46. The first-order valence-electron chi connectivity index (χ1n) is 14.7. The smallest absolute Gasteiger partial charge is 0.319 e. The molecule has 12 heteroatoms. The Morgan fingerprint density at radius 1 is 1.26 bits per heavy atom. The number of thiophene rings is 1. The van der Waals surface area contributed by atoms with Crippen LogP contribution in [0.2, 0.25) is 5.02 Å². The van der Waals surface area contributed by atoms with Gasteiger partial charge in [-0.05, 0) is 76.9 Å². The zero-order valence-electron chi connectivity index (χ0n) is 24.0. The summed E-state index contributed by atoms with van der Waals surface area (Å²) in [5.74, 6) is -0.644. The number of likely N-dealkylation sites (N-methyl/N-ethyl adjacent to an activating group) is 1. The molecule has 5 heterocycles. The predicted octanol–water partition coefficient (Wildman–Crippen LogP) is 6.09. The molecule has 2 aromatic heterocycles. The van der Waals surface area contributed by atoms with Crippen molar-refractivity contribution in [3.63, 3.8) is 0 Å². The van der Waals surface area contributed by atoms with Crippen LogP contribution in [-0.4, -0.2) is 65.8 Å². The molecule has 0 saturated carbocycles. The molecule has 224 valence electrons. The number of nitriles is 1. The van der Waals surface area contributed by atoms with Crippen LogP contribution in [-0.2, 0) is 0 Å². The highest BCUT2D eigenvalue weighted by molar-refractivity contribution is 7.23. The lowest BCUT2D eigenvalue weighted by Crippen LogP contribution is -2.65. The van der Waals surface area contributed by atoms with E-state index in [2.05, 4.69) is 33.2 Å². The molecule has 7 rings (SSSR count). The van der Waals surface area contributed by atoms with Gasteiger partial charge >= 0.3 is 6.01 Å². The number of halogens is 3. The van der Waals surface area contributed by atoms with Crippen molar-refractivity contribution in [1.82, 2.24) is 20.2 Å². The van der Waals surface area contributed by atoms with Crippen LogP contribution in [0.1, 0.15) is 44.6 Å². The Kier molecular flexibility index (Phi) is 7.08. The molecule has 8 nitrogen and oxygen atoms in total. The number of nitrogen functional groups attached to an aromatic ring is 1. The van der Waals surface area contributed by atoms with Gasteiger partial charge in [0.1, 0.15) is 34.3 Å². The van der Waals surface area contributed by atoms with Gasteiger partial charge in [-0.25, -0.2) is 8.78 Å². The summed E-state index contributed by atoms with van der Waals surface area (Å²) in [5, 5.41) is 14.4. The van der Waals surface area contributed by atoms with Gasteiger partial charge in [0.25, 0.3) is 0 Å². The van der Waals surface area contributed by atoms with E-state index in [1.807, 2.05) is 6.92 Å². The largest absolute Gasteiger partial charge is 0.459 e. The maximum absolute atomic E-state index is 16.9. The quantitative estimate of drug-likeness (QED) is 0.275. The third-order valence-electron chi connectivity index (χ3n) is 9.43. The van der Waals surface area contributed by atoms with Gasteiger partial charge in [0.15, 0.2) is 5.82 Å². The Morgan fingerprint density at radius 2 is 2.07 bits per heavy atom. The number of anilines is 2. The summed E-state index contributed by atoms with van der Waals surface area (Å²) in [7, 11) is 2.08. The van der Waals surface area contributed by atoms with E-state index in [4.69, 9.17) is 27.1 Å². The Morgan fingerprint density at radius 3 is 2.77 bits per heavy atom. The number of nitrogens with zero attached hydrogens (tertiary/aromatic N) is 5. The highest BCUT2D eigenvalue weighted by atomic mass is 35.5. The summed E-state index contributed by atoms with van der Waals surface area (Å²) in [4.78, 5) is 13.9. The van der Waals surface area contributed by atoms with E-state index in [9.17, 15) is 9.65 Å². The summed E-state index contributed by atoms with van der Waals surface area (Å²) >= 11 is 7.81. The van der Waals surface area contributed by atoms with Crippen molar-refractivity contribution in [2.24, 2.45) is 0 Å². The molecule has 1 spiro atoms. The van der Waals surface area contributed by atoms with E-state index in [-0.39, 0.29) is 66.0 Å². The molecule has 0 amide bonds. The fourth-order valence-electron chi connectivity index (χ4n) is 7.12. The van der Waals surface area contributed by atoms with Crippen molar-refractivity contribution >= 4 is 54.7 Å². The molecular formula is C31H32ClF2N7OS. The Hall–Kier alpha value is -3.30. The lowest BCUT2D eigenvalue weighted by Gasteiger charge is -2.50. The Labute approximate surface area is 257 Å². The molecule has 3 fully saturated rings. The summed E-state index contributed by atoms with van der Waals surface area (Å²) in [6, 6.07) is 6.72. The lowest BCUT2D eigenvalue weighted by atomic mass is 9.80. The van der Waals surface area contributed by atoms with Gasteiger partial charge in [0.2, 0.25) is 0 Å². The first kappa shape index (κ1) is 28.5. The maximum Gasteiger partial charge on any atom is 0.319 e. The van der Waals surface area contributed by atoms with Crippen molar-refractivity contribution in [2.75, 3.05) is 43.9 Å². The lowest BCUT2D eigenvalue weighted by molar-refractivity contribution is 0.112. The fraction of sp³-hybridized carbons (Fsp3) is 0.452. The zero-order valence-corrected chi connectivity index (χ0v) is 25.6. The zero-order chi connectivity index (χ0) is 30.0. The SMILES string of the molecule is CC(Oc1nc(N2CCCC3(CCN3)C2)c2cc(Cl)c(-c3ccc(F)c4sc(N)c(C#N)c34)c(F)c2n1)[C@@H]1CCCN1C. The van der Waals surface area contributed by atoms with Crippen LogP contribution in [0.4, 0.5) is 19.6 Å². The van der Waals surface area contributed by atoms with Gasteiger partial charge in [-0.15, -0.1) is 11.3 Å². The summed E-state index contributed by atoms with van der Waals surface area (Å²) in [6.07, 6.45) is 4.99. The van der Waals surface area contributed by atoms with Crippen molar-refractivity contribution in [3.05, 3.63) is 40.4 Å². The summed E-state index contributed by atoms with van der Waals surface area (Å²) < 4.78 is 38.2. The van der Waals surface area contributed by atoms with Crippen molar-refractivity contribution in [3.8, 4) is 23.2 Å². The fourth-order valence-corrected chi connectivity index (χ4v) is 8.37. The number of likely N-dealkylation sites (tertiary alicyclic amines) is 1. The van der Waals surface area contributed by atoms with Gasteiger partial charge in [0.05, 0.1) is 15.3 Å². The van der Waals surface area contributed by atoms with Crippen LogP contribution < -0.4 is 20.7 Å². The van der Waals surface area contributed by atoms with Crippen molar-refractivity contribution in [1.29, 1.82) is 5.26 Å². The number of aromatic nitrogens is 2. The van der Waals surface area contributed by atoms with Gasteiger partial charge < -0.3 is 20.7 Å². The molecule has 0 bridgehead atoms. The highest BCUT2D eigenvalue weighted by Gasteiger charge is 2.41. The molecular weight excluding hydrogens is 592 g/mol. The van der Waals surface area contributed by atoms with E-state index in [1.165, 1.54) is 12.1 Å². The molecule has 43 heavy (non-hydrogen) atoms. The monoisotopic (exact) mass is 623 g/mol. The number of piperidine rings is 1. The average Bonchev–Trinajstić information content (AvgIpc) is 3.56. The number of ether oxygens (including phenoxy) is 1. The first-order chi connectivity index (χ1) is 20.7. The molecule has 3 aliphatic heterocycles. The van der Waals surface area contributed by atoms with Crippen LogP contribution in [0.3, 0.4) is 0 Å². The number of fused-ring (bicyclic) bond motifs is 2. The topological polar surface area (TPSA) is 103 Å². The minimum atomic E-state index is -0.684. The van der Waals surface area contributed by atoms with Gasteiger partial charge in [-0.2, -0.15) is 15.2 Å². The Balaban J connectivity index is 1.42. The van der Waals surface area contributed by atoms with Crippen molar-refractivity contribution < 1.29 is 13.5 Å². The minimum absolute atomic E-state index is 0.0188. The molecule has 2 unspecified atom stereocenters. The van der Waals surface area contributed by atoms with Crippen LogP contribution in [0.25, 0.3) is 32.1 Å². The molecule has 3 aliphatic rings. The number of nitrogens with one attached hydrogen (secondary N) is 1. The second-order valence-electron chi connectivity index (χ2n) is 12.0. The molecule has 4 aromatic rings. The van der Waals surface area contributed by atoms with E-state index in [1.54, 1.807) is 6.07 Å². The molecule has 3 N–H and O–H groups in total. The normalized spacial score (nSPS) is 23.2. The van der Waals surface area contributed by atoms with E-state index in [0.29, 0.717) is 11.2 Å². The molecule has 3 saturated heterocycles. The molecule has 2 aromatic carbocycles. The average molecular weight is 624 g/mol. The van der Waals surface area contributed by atoms with E-state index < -0.39 is 11.6 Å². The van der Waals surface area contributed by atoms with Gasteiger partial charge in [-0.3, -0.25) is 4.90 Å². The maximum atomic E-state index is 16.9. The summed E-state index contributed by atoms with van der Waals surface area (Å²) in [5.41, 5.74) is 6.56. The molecule has 3 atom stereocenters. The number of hydrogen-bond donors (Lipinski definition) is 2. The molecule has 0 radical (unpaired) electrons. The first-order valence-corrected chi connectivity index (χ1v) is 15.9. The predicted molar refractivity (Wildman–Crippen MR) is 167 cm³/mol. The van der Waals surface area contributed by atoms with Crippen LogP contribution in [0.5, 0.6) is 6.01 Å². The second-order valence-corrected chi connectivity index (χ2v) is 13.5. The second kappa shape index (κ2) is 10.7. The number of rotatable bonds is 5. The third kappa shape index (κ3) is 4.67. The number of benzene rings is 2. The van der Waals surface area contributed by atoms with E-state index in [0.717, 1.165) is 69.6 Å². The number of hydrogen-bond acceptors (Lipinski definition) is 9. The van der Waals surface area contributed by atoms with Crippen molar-refractivity contribution in [2.45, 2.75) is 56.7 Å². The molecule has 0 aliphatic carbocycles. The Bertz CT molecular complexity index is 1800.